The molecule has 0 amide bonds. The number of nitrogens with zero attached hydrogens (tertiary/aromatic N) is 3. The molecule has 16 nitrogen and oxygen atoms in total. The van der Waals surface area contributed by atoms with E-state index in [1.165, 1.54) is 0 Å². The van der Waals surface area contributed by atoms with Crippen LogP contribution in [-0.2, 0) is 46.4 Å². The van der Waals surface area contributed by atoms with Crippen LogP contribution < -0.4 is 30.2 Å². The summed E-state index contributed by atoms with van der Waals surface area (Å²) in [6.45, 7) is -4.58. The van der Waals surface area contributed by atoms with E-state index in [2.05, 4.69) is 0 Å². The normalized spacial score (nSPS) is 13.2. The van der Waals surface area contributed by atoms with Gasteiger partial charge in [0.2, 0.25) is 0 Å². The highest BCUT2D eigenvalue weighted by molar-refractivity contribution is 7.48. The van der Waals surface area contributed by atoms with Gasteiger partial charge in [0.25, 0.3) is 0 Å². The predicted molar refractivity (Wildman–Crippen MR) is 147 cm³/mol. The van der Waals surface area contributed by atoms with Crippen LogP contribution >= 0.6 is 7.60 Å². The standard InChI is InChI=1S/C29H40N3O13P/c33-26(34)15-31(24(28(37)38)19-44-17-22-7-3-1-4-8-22)13-11-30(21-46(41,42)43)12-14-32(16-27(35)36)25(29(39)40)20-45-18-23-9-5-2-6-10-23/h1-10,24-25H,11-21H2,(H,33,34)(H,35,36)(H,37,38)(H,39,40)(H2,41,42,43)/p-6/t24-,25-/m0/s1. The molecule has 0 aliphatic heterocycles. The van der Waals surface area contributed by atoms with Gasteiger partial charge in [0.1, 0.15) is 0 Å². The summed E-state index contributed by atoms with van der Waals surface area (Å²) in [6, 6.07) is 14.1. The number of carbonyl (C=O) groups is 4. The second-order valence-corrected chi connectivity index (χ2v) is 11.7. The second-order valence-electron chi connectivity index (χ2n) is 10.2. The summed E-state index contributed by atoms with van der Waals surface area (Å²) in [6.07, 6.45) is -1.12. The number of aliphatic carboxylic acids is 4. The minimum absolute atomic E-state index is 0.00557. The quantitative estimate of drug-likeness (QED) is 0.0947. The molecule has 0 aliphatic rings. The van der Waals surface area contributed by atoms with Crippen LogP contribution in [0, 0.1) is 0 Å². The van der Waals surface area contributed by atoms with E-state index in [9.17, 15) is 54.0 Å². The van der Waals surface area contributed by atoms with Gasteiger partial charge in [0.05, 0.1) is 62.4 Å². The highest BCUT2D eigenvalue weighted by Crippen LogP contribution is 2.24. The van der Waals surface area contributed by atoms with Crippen molar-refractivity contribution in [2.75, 3.05) is 58.8 Å². The van der Waals surface area contributed by atoms with Gasteiger partial charge in [0.15, 0.2) is 0 Å². The first kappa shape index (κ1) is 38.5. The van der Waals surface area contributed by atoms with Crippen LogP contribution in [0.3, 0.4) is 0 Å². The Hall–Kier alpha value is -3.73. The molecule has 254 valence electrons. The number of carboxylic acids is 4. The van der Waals surface area contributed by atoms with Gasteiger partial charge >= 0.3 is 0 Å². The molecule has 2 rings (SSSR count). The van der Waals surface area contributed by atoms with Crippen molar-refractivity contribution >= 4 is 31.5 Å². The maximum absolute atomic E-state index is 11.9. The van der Waals surface area contributed by atoms with Crippen molar-refractivity contribution in [1.82, 2.24) is 14.7 Å². The number of ether oxygens (including phenoxy) is 2. The first-order chi connectivity index (χ1) is 21.7. The van der Waals surface area contributed by atoms with Crippen molar-refractivity contribution in [3.8, 4) is 0 Å². The highest BCUT2D eigenvalue weighted by Gasteiger charge is 2.24. The Morgan fingerprint density at radius 2 is 1.00 bits per heavy atom. The monoisotopic (exact) mass is 663 g/mol. The van der Waals surface area contributed by atoms with Gasteiger partial charge in [-0.15, -0.1) is 0 Å². The third kappa shape index (κ3) is 15.5. The molecule has 0 aromatic heterocycles. The van der Waals surface area contributed by atoms with Gasteiger partial charge in [-0.05, 0) is 11.1 Å². The molecule has 0 radical (unpaired) electrons. The molecule has 0 N–H and O–H groups in total. The third-order valence-electron chi connectivity index (χ3n) is 6.64. The Labute approximate surface area is 265 Å². The molecule has 17 heteroatoms. The molecular formula is C29H34N3O13P-6. The number of hydrogen-bond donors (Lipinski definition) is 0. The molecule has 0 saturated carbocycles. The van der Waals surface area contributed by atoms with E-state index in [0.717, 1.165) is 14.7 Å². The lowest BCUT2D eigenvalue weighted by atomic mass is 10.2. The molecule has 2 aromatic rings. The summed E-state index contributed by atoms with van der Waals surface area (Å²) in [5, 5.41) is 46.7. The van der Waals surface area contributed by atoms with Gasteiger partial charge in [0, 0.05) is 45.6 Å². The highest BCUT2D eigenvalue weighted by atomic mass is 31.2. The van der Waals surface area contributed by atoms with Gasteiger partial charge in [-0.25, -0.2) is 0 Å². The number of hydrogen-bond acceptors (Lipinski definition) is 16. The number of rotatable bonds is 24. The number of benzene rings is 2. The Morgan fingerprint density at radius 1 is 0.630 bits per heavy atom. The van der Waals surface area contributed by atoms with Crippen molar-refractivity contribution in [3.63, 3.8) is 0 Å². The van der Waals surface area contributed by atoms with Crippen molar-refractivity contribution in [2.24, 2.45) is 0 Å². The average Bonchev–Trinajstić information content (AvgIpc) is 2.97. The van der Waals surface area contributed by atoms with E-state index < -0.39 is 102 Å². The lowest BCUT2D eigenvalue weighted by Gasteiger charge is -2.40. The van der Waals surface area contributed by atoms with Gasteiger partial charge in [-0.1, -0.05) is 68.3 Å². The zero-order chi connectivity index (χ0) is 34.1. The maximum atomic E-state index is 11.9. The molecule has 0 unspecified atom stereocenters. The SMILES string of the molecule is O=C([O-])CN(CCN(CCN(CC(=O)[O-])[C@@H](COCc1ccccc1)C(=O)[O-])CP(=O)([O-])[O-])[C@@H](COCc1ccccc1)C(=O)[O-]. The lowest BCUT2D eigenvalue weighted by Crippen LogP contribution is -2.57. The lowest BCUT2D eigenvalue weighted by molar-refractivity contribution is -0.319. The maximum Gasteiger partial charge on any atom is 0.0734 e. The summed E-state index contributed by atoms with van der Waals surface area (Å²) in [4.78, 5) is 72.8. The van der Waals surface area contributed by atoms with Crippen molar-refractivity contribution < 1.29 is 63.4 Å². The molecule has 0 bridgehead atoms. The zero-order valence-corrected chi connectivity index (χ0v) is 25.7. The summed E-state index contributed by atoms with van der Waals surface area (Å²) in [5.41, 5.74) is 1.42. The van der Waals surface area contributed by atoms with Crippen LogP contribution in [0.5, 0.6) is 0 Å². The van der Waals surface area contributed by atoms with Crippen molar-refractivity contribution in [1.29, 1.82) is 0 Å². The summed E-state index contributed by atoms with van der Waals surface area (Å²) in [5.74, 6) is -6.70. The van der Waals surface area contributed by atoms with E-state index in [4.69, 9.17) is 9.47 Å². The molecule has 0 spiro atoms. The summed E-state index contributed by atoms with van der Waals surface area (Å²) >= 11 is 0. The predicted octanol–water partition coefficient (Wildman–Crippen LogP) is -6.07. The van der Waals surface area contributed by atoms with Crippen LogP contribution in [0.25, 0.3) is 0 Å². The van der Waals surface area contributed by atoms with E-state index in [-0.39, 0.29) is 13.2 Å². The first-order valence-electron chi connectivity index (χ1n) is 14.0. The van der Waals surface area contributed by atoms with Crippen molar-refractivity contribution in [3.05, 3.63) is 71.8 Å². The summed E-state index contributed by atoms with van der Waals surface area (Å²) in [7, 11) is -5.26. The van der Waals surface area contributed by atoms with E-state index in [1.807, 2.05) is 0 Å². The van der Waals surface area contributed by atoms with Gasteiger partial charge in [-0.2, -0.15) is 0 Å². The van der Waals surface area contributed by atoms with E-state index >= 15 is 0 Å². The van der Waals surface area contributed by atoms with Crippen molar-refractivity contribution in [2.45, 2.75) is 25.3 Å². The van der Waals surface area contributed by atoms with E-state index in [1.54, 1.807) is 60.7 Å². The van der Waals surface area contributed by atoms with Crippen LogP contribution in [0.2, 0.25) is 0 Å². The minimum Gasteiger partial charge on any atom is -0.810 e. The van der Waals surface area contributed by atoms with E-state index in [0.29, 0.717) is 11.1 Å². The molecule has 0 saturated heterocycles. The Balaban J connectivity index is 2.14. The summed E-state index contributed by atoms with van der Waals surface area (Å²) < 4.78 is 22.6. The van der Waals surface area contributed by atoms with Crippen LogP contribution in [0.15, 0.2) is 60.7 Å². The fraction of sp³-hybridized carbons (Fsp3) is 0.448. The number of carboxylic acid groups (broad SMARTS) is 4. The Morgan fingerprint density at radius 3 is 1.30 bits per heavy atom. The third-order valence-corrected chi connectivity index (χ3v) is 7.39. The molecule has 2 aromatic carbocycles. The minimum atomic E-state index is -5.26. The Bertz CT molecular complexity index is 1210. The van der Waals surface area contributed by atoms with Crippen LogP contribution in [-0.4, -0.2) is 109 Å². The average molecular weight is 664 g/mol. The fourth-order valence-electron chi connectivity index (χ4n) is 4.43. The Kier molecular flexibility index (Phi) is 16.5. The van der Waals surface area contributed by atoms with Gasteiger partial charge in [-0.3, -0.25) is 14.7 Å². The zero-order valence-electron chi connectivity index (χ0n) is 24.8. The molecule has 46 heavy (non-hydrogen) atoms. The molecule has 0 heterocycles. The first-order valence-corrected chi connectivity index (χ1v) is 15.7. The molecule has 0 fully saturated rings. The molecule has 0 aliphatic carbocycles. The number of carbonyl (C=O) groups excluding carboxylic acids is 4. The smallest absolute Gasteiger partial charge is 0.0734 e. The van der Waals surface area contributed by atoms with Gasteiger partial charge < -0.3 is 63.4 Å². The molecular weight excluding hydrogens is 629 g/mol. The largest absolute Gasteiger partial charge is 0.810 e. The topological polar surface area (TPSA) is 252 Å². The second kappa shape index (κ2) is 19.7. The fourth-order valence-corrected chi connectivity index (χ4v) is 5.20. The van der Waals surface area contributed by atoms with Crippen LogP contribution in [0.4, 0.5) is 0 Å². The van der Waals surface area contributed by atoms with Crippen LogP contribution in [0.1, 0.15) is 11.1 Å². The molecule has 2 atom stereocenters.